The van der Waals surface area contributed by atoms with Crippen molar-refractivity contribution in [3.05, 3.63) is 78.1 Å². The third-order valence-electron chi connectivity index (χ3n) is 3.87. The van der Waals surface area contributed by atoms with Gasteiger partial charge < -0.3 is 10.1 Å². The van der Waals surface area contributed by atoms with Gasteiger partial charge in [0.15, 0.2) is 4.90 Å². The number of halogens is 3. The summed E-state index contributed by atoms with van der Waals surface area (Å²) in [5.41, 5.74) is 1.76. The van der Waals surface area contributed by atoms with E-state index in [0.717, 1.165) is 29.4 Å². The van der Waals surface area contributed by atoms with Crippen LogP contribution in [-0.4, -0.2) is 26.6 Å². The fourth-order valence-corrected chi connectivity index (χ4v) is 3.85. The maximum atomic E-state index is 13.9. The molecule has 0 aliphatic rings. The number of aromatic nitrogens is 1. The van der Waals surface area contributed by atoms with E-state index in [0.29, 0.717) is 18.9 Å². The van der Waals surface area contributed by atoms with Crippen molar-refractivity contribution in [3.63, 3.8) is 0 Å². The number of sulfonamides is 1. The van der Waals surface area contributed by atoms with E-state index in [9.17, 15) is 17.2 Å². The summed E-state index contributed by atoms with van der Waals surface area (Å²) in [6, 6.07) is 11.2. The van der Waals surface area contributed by atoms with Crippen molar-refractivity contribution < 1.29 is 21.9 Å². The first-order valence-corrected chi connectivity index (χ1v) is 10.2. The van der Waals surface area contributed by atoms with Crippen LogP contribution in [0.5, 0.6) is 5.75 Å². The Morgan fingerprint density at radius 2 is 1.67 bits per heavy atom. The lowest BCUT2D eigenvalue weighted by Gasteiger charge is -2.13. The Morgan fingerprint density at radius 1 is 1.00 bits per heavy atom. The second-order valence-corrected chi connectivity index (χ2v) is 7.82. The minimum Gasteiger partial charge on any atom is -0.492 e. The predicted molar refractivity (Wildman–Crippen MR) is 114 cm³/mol. The van der Waals surface area contributed by atoms with Gasteiger partial charge in [0.25, 0.3) is 10.0 Å². The van der Waals surface area contributed by atoms with Gasteiger partial charge in [-0.05, 0) is 48.9 Å². The number of pyridine rings is 1. The van der Waals surface area contributed by atoms with Crippen molar-refractivity contribution in [2.24, 2.45) is 0 Å². The fourth-order valence-electron chi connectivity index (χ4n) is 2.67. The topological polar surface area (TPSA) is 80.3 Å². The second kappa shape index (κ2) is 10.2. The third kappa shape index (κ3) is 6.04. The fraction of sp³-hybridized carbons (Fsp3) is 0.150. The zero-order valence-corrected chi connectivity index (χ0v) is 17.6. The zero-order chi connectivity index (χ0) is 20.9. The Hall–Kier alpha value is -2.91. The molecule has 2 aromatic carbocycles. The maximum Gasteiger partial charge on any atom is 0.267 e. The number of anilines is 2. The first-order valence-electron chi connectivity index (χ1n) is 8.70. The van der Waals surface area contributed by atoms with E-state index in [4.69, 9.17) is 4.74 Å². The highest BCUT2D eigenvalue weighted by Gasteiger charge is 2.24. The highest BCUT2D eigenvalue weighted by molar-refractivity contribution is 7.92. The standard InChI is InChI=1S/C20H19F2N3O3S.ClH/c1-14-11-16(25-29(26,27)20-18(21)3-2-4-19(20)22)13-17(12-14)28-10-9-24-15-5-7-23-8-6-15;/h2-8,11-13,25H,9-10H2,1H3,(H,23,24);1H. The van der Waals surface area contributed by atoms with Gasteiger partial charge in [0.05, 0.1) is 5.69 Å². The smallest absolute Gasteiger partial charge is 0.267 e. The van der Waals surface area contributed by atoms with Crippen molar-refractivity contribution in [2.45, 2.75) is 11.8 Å². The summed E-state index contributed by atoms with van der Waals surface area (Å²) < 4.78 is 60.4. The monoisotopic (exact) mass is 455 g/mol. The SMILES string of the molecule is Cc1cc(NS(=O)(=O)c2c(F)cccc2F)cc(OCCNc2ccncc2)c1.Cl. The summed E-state index contributed by atoms with van der Waals surface area (Å²) in [6.45, 7) is 2.59. The van der Waals surface area contributed by atoms with Gasteiger partial charge in [-0.25, -0.2) is 17.2 Å². The van der Waals surface area contributed by atoms with Crippen LogP contribution in [0.4, 0.5) is 20.2 Å². The van der Waals surface area contributed by atoms with Gasteiger partial charge >= 0.3 is 0 Å². The van der Waals surface area contributed by atoms with Crippen molar-refractivity contribution in [1.29, 1.82) is 0 Å². The summed E-state index contributed by atoms with van der Waals surface area (Å²) in [6.07, 6.45) is 3.33. The third-order valence-corrected chi connectivity index (χ3v) is 5.30. The van der Waals surface area contributed by atoms with Crippen molar-refractivity contribution in [1.82, 2.24) is 4.98 Å². The second-order valence-electron chi connectivity index (χ2n) is 6.20. The van der Waals surface area contributed by atoms with Crippen LogP contribution in [-0.2, 0) is 10.0 Å². The molecule has 0 radical (unpaired) electrons. The Morgan fingerprint density at radius 3 is 2.33 bits per heavy atom. The number of rotatable bonds is 8. The van der Waals surface area contributed by atoms with E-state index in [1.807, 2.05) is 12.1 Å². The largest absolute Gasteiger partial charge is 0.492 e. The summed E-state index contributed by atoms with van der Waals surface area (Å²) in [5.74, 6) is -1.90. The van der Waals surface area contributed by atoms with E-state index in [1.54, 1.807) is 31.5 Å². The van der Waals surface area contributed by atoms with E-state index in [2.05, 4.69) is 15.0 Å². The highest BCUT2D eigenvalue weighted by atomic mass is 35.5. The Kier molecular flexibility index (Phi) is 7.96. The summed E-state index contributed by atoms with van der Waals surface area (Å²) in [4.78, 5) is 2.91. The molecule has 30 heavy (non-hydrogen) atoms. The van der Waals surface area contributed by atoms with Crippen LogP contribution in [0, 0.1) is 18.6 Å². The molecule has 1 aromatic heterocycles. The first kappa shape index (κ1) is 23.4. The molecule has 0 saturated heterocycles. The molecular weight excluding hydrogens is 436 g/mol. The average Bonchev–Trinajstić information content (AvgIpc) is 2.65. The highest BCUT2D eigenvalue weighted by Crippen LogP contribution is 2.25. The molecule has 1 heterocycles. The molecule has 0 atom stereocenters. The minimum atomic E-state index is -4.44. The van der Waals surface area contributed by atoms with Crippen LogP contribution in [0.3, 0.4) is 0 Å². The molecule has 0 amide bonds. The summed E-state index contributed by atoms with van der Waals surface area (Å²) >= 11 is 0. The summed E-state index contributed by atoms with van der Waals surface area (Å²) in [7, 11) is -4.44. The molecule has 160 valence electrons. The van der Waals surface area contributed by atoms with Crippen molar-refractivity contribution >= 4 is 33.8 Å². The zero-order valence-electron chi connectivity index (χ0n) is 15.9. The van der Waals surface area contributed by atoms with Gasteiger partial charge in [-0.3, -0.25) is 9.71 Å². The van der Waals surface area contributed by atoms with Gasteiger partial charge in [0.1, 0.15) is 24.0 Å². The van der Waals surface area contributed by atoms with E-state index < -0.39 is 26.6 Å². The van der Waals surface area contributed by atoms with E-state index in [1.165, 1.54) is 6.07 Å². The van der Waals surface area contributed by atoms with Crippen LogP contribution >= 0.6 is 12.4 Å². The number of benzene rings is 2. The molecule has 10 heteroatoms. The molecule has 3 rings (SSSR count). The minimum absolute atomic E-state index is 0. The molecule has 0 aliphatic heterocycles. The molecule has 3 aromatic rings. The molecule has 6 nitrogen and oxygen atoms in total. The predicted octanol–water partition coefficient (Wildman–Crippen LogP) is 4.38. The number of nitrogens with one attached hydrogen (secondary N) is 2. The molecule has 0 bridgehead atoms. The molecule has 0 aliphatic carbocycles. The van der Waals surface area contributed by atoms with Gasteiger partial charge in [0, 0.05) is 30.7 Å². The van der Waals surface area contributed by atoms with Crippen LogP contribution in [0.15, 0.2) is 65.8 Å². The molecule has 0 fully saturated rings. The average molecular weight is 456 g/mol. The Labute approximate surface area is 179 Å². The van der Waals surface area contributed by atoms with Gasteiger partial charge in [-0.15, -0.1) is 12.4 Å². The lowest BCUT2D eigenvalue weighted by Crippen LogP contribution is -2.17. The lowest BCUT2D eigenvalue weighted by molar-refractivity contribution is 0.333. The molecule has 2 N–H and O–H groups in total. The number of hydrogen-bond acceptors (Lipinski definition) is 5. The van der Waals surface area contributed by atoms with Crippen LogP contribution in [0.1, 0.15) is 5.56 Å². The Balaban J connectivity index is 0.00000320. The Bertz CT molecular complexity index is 1080. The van der Waals surface area contributed by atoms with Gasteiger partial charge in [0.2, 0.25) is 0 Å². The number of hydrogen-bond donors (Lipinski definition) is 2. The van der Waals surface area contributed by atoms with E-state index >= 15 is 0 Å². The molecular formula is C20H20ClF2N3O3S. The van der Waals surface area contributed by atoms with Crippen molar-refractivity contribution in [3.8, 4) is 5.75 Å². The maximum absolute atomic E-state index is 13.9. The summed E-state index contributed by atoms with van der Waals surface area (Å²) in [5, 5.41) is 3.16. The number of nitrogens with zero attached hydrogens (tertiary/aromatic N) is 1. The van der Waals surface area contributed by atoms with Crippen molar-refractivity contribution in [2.75, 3.05) is 23.2 Å². The quantitative estimate of drug-likeness (QED) is 0.493. The molecule has 0 spiro atoms. The first-order chi connectivity index (χ1) is 13.8. The van der Waals surface area contributed by atoms with Crippen LogP contribution < -0.4 is 14.8 Å². The number of ether oxygens (including phenoxy) is 1. The van der Waals surface area contributed by atoms with Gasteiger partial charge in [-0.2, -0.15) is 0 Å². The van der Waals surface area contributed by atoms with Crippen LogP contribution in [0.25, 0.3) is 0 Å². The normalized spacial score (nSPS) is 10.8. The molecule has 0 unspecified atom stereocenters. The molecule has 0 saturated carbocycles. The van der Waals surface area contributed by atoms with Crippen LogP contribution in [0.2, 0.25) is 0 Å². The van der Waals surface area contributed by atoms with E-state index in [-0.39, 0.29) is 18.1 Å². The number of aryl methyl sites for hydroxylation is 1. The lowest BCUT2D eigenvalue weighted by atomic mass is 10.2. The van der Waals surface area contributed by atoms with Gasteiger partial charge in [-0.1, -0.05) is 6.07 Å².